The van der Waals surface area contributed by atoms with Crippen LogP contribution in [-0.4, -0.2) is 43.6 Å². The number of hydrogen-bond donors (Lipinski definition) is 0. The molecule has 2 fully saturated rings. The molecule has 3 heterocycles. The molecule has 1 amide bonds. The Balaban J connectivity index is 1.45. The maximum absolute atomic E-state index is 12.8. The normalized spacial score (nSPS) is 21.6. The number of likely N-dealkylation sites (tertiary alicyclic amines) is 1. The summed E-state index contributed by atoms with van der Waals surface area (Å²) < 4.78 is 7.60. The van der Waals surface area contributed by atoms with Gasteiger partial charge in [-0.25, -0.2) is 9.97 Å². The molecule has 1 aliphatic heterocycles. The average molecular weight is 315 g/mol. The zero-order chi connectivity index (χ0) is 15.8. The highest BCUT2D eigenvalue weighted by atomic mass is 16.4. The minimum absolute atomic E-state index is 0.0230. The predicted molar refractivity (Wildman–Crippen MR) is 81.9 cm³/mol. The molecule has 1 atom stereocenters. The molecule has 1 aliphatic carbocycles. The second kappa shape index (κ2) is 5.79. The van der Waals surface area contributed by atoms with Crippen LogP contribution in [0.1, 0.15) is 53.7 Å². The quantitative estimate of drug-likeness (QED) is 0.862. The van der Waals surface area contributed by atoms with Crippen molar-refractivity contribution in [3.63, 3.8) is 0 Å². The summed E-state index contributed by atoms with van der Waals surface area (Å²) in [6.07, 6.45) is 7.63. The molecule has 0 aromatic carbocycles. The number of hydrogen-bond acceptors (Lipinski definition) is 5. The Morgan fingerprint density at radius 3 is 3.00 bits per heavy atom. The van der Waals surface area contributed by atoms with Crippen LogP contribution >= 0.6 is 0 Å². The molecule has 1 saturated carbocycles. The first-order chi connectivity index (χ1) is 11.2. The molecule has 122 valence electrons. The van der Waals surface area contributed by atoms with E-state index in [2.05, 4.69) is 15.1 Å². The van der Waals surface area contributed by atoms with Crippen molar-refractivity contribution >= 4 is 5.91 Å². The fourth-order valence-electron chi connectivity index (χ4n) is 3.25. The van der Waals surface area contributed by atoms with Gasteiger partial charge < -0.3 is 9.32 Å². The van der Waals surface area contributed by atoms with Crippen molar-refractivity contribution in [3.8, 4) is 0 Å². The topological polar surface area (TPSA) is 77.0 Å². The van der Waals surface area contributed by atoms with E-state index >= 15 is 0 Å². The standard InChI is InChI=1S/C16H21N5O2/c1-11-14(23-15(19-11)13-4-5-13)16(22)20-6-2-3-12(7-20)8-21-10-17-9-18-21/h9-10,12-13H,2-8H2,1H3. The number of aryl methyl sites for hydroxylation is 1. The van der Waals surface area contributed by atoms with Crippen molar-refractivity contribution in [3.05, 3.63) is 30.0 Å². The van der Waals surface area contributed by atoms with Gasteiger partial charge in [0.05, 0.1) is 5.69 Å². The zero-order valence-corrected chi connectivity index (χ0v) is 13.3. The van der Waals surface area contributed by atoms with E-state index in [0.29, 0.717) is 17.6 Å². The van der Waals surface area contributed by atoms with Gasteiger partial charge in [0.1, 0.15) is 12.7 Å². The summed E-state index contributed by atoms with van der Waals surface area (Å²) in [4.78, 5) is 23.1. The van der Waals surface area contributed by atoms with Gasteiger partial charge in [0.25, 0.3) is 5.91 Å². The van der Waals surface area contributed by atoms with Crippen LogP contribution in [0.4, 0.5) is 0 Å². The van der Waals surface area contributed by atoms with E-state index < -0.39 is 0 Å². The molecule has 7 heteroatoms. The largest absolute Gasteiger partial charge is 0.435 e. The highest BCUT2D eigenvalue weighted by Crippen LogP contribution is 2.40. The van der Waals surface area contributed by atoms with Gasteiger partial charge in [0.15, 0.2) is 5.89 Å². The summed E-state index contributed by atoms with van der Waals surface area (Å²) >= 11 is 0. The smallest absolute Gasteiger partial charge is 0.291 e. The second-order valence-corrected chi connectivity index (χ2v) is 6.62. The lowest BCUT2D eigenvalue weighted by molar-refractivity contribution is 0.0625. The van der Waals surface area contributed by atoms with Crippen molar-refractivity contribution in [1.29, 1.82) is 0 Å². The van der Waals surface area contributed by atoms with Crippen LogP contribution in [0.3, 0.4) is 0 Å². The van der Waals surface area contributed by atoms with E-state index in [9.17, 15) is 4.79 Å². The molecular formula is C16H21N5O2. The highest BCUT2D eigenvalue weighted by Gasteiger charge is 2.33. The van der Waals surface area contributed by atoms with Crippen molar-refractivity contribution in [2.75, 3.05) is 13.1 Å². The molecule has 1 saturated heterocycles. The zero-order valence-electron chi connectivity index (χ0n) is 13.3. The number of carbonyl (C=O) groups excluding carboxylic acids is 1. The number of piperidine rings is 1. The lowest BCUT2D eigenvalue weighted by atomic mass is 9.98. The number of nitrogens with zero attached hydrogens (tertiary/aromatic N) is 5. The van der Waals surface area contributed by atoms with Crippen LogP contribution in [0, 0.1) is 12.8 Å². The molecule has 23 heavy (non-hydrogen) atoms. The molecule has 2 aromatic heterocycles. The fraction of sp³-hybridized carbons (Fsp3) is 0.625. The molecule has 1 unspecified atom stereocenters. The number of oxazole rings is 1. The van der Waals surface area contributed by atoms with Gasteiger partial charge in [-0.15, -0.1) is 0 Å². The van der Waals surface area contributed by atoms with Crippen LogP contribution < -0.4 is 0 Å². The van der Waals surface area contributed by atoms with Crippen LogP contribution in [0.2, 0.25) is 0 Å². The SMILES string of the molecule is Cc1nc(C2CC2)oc1C(=O)N1CCCC(Cn2cncn2)C1. The lowest BCUT2D eigenvalue weighted by Crippen LogP contribution is -2.41. The van der Waals surface area contributed by atoms with Gasteiger partial charge >= 0.3 is 0 Å². The third-order valence-corrected chi connectivity index (χ3v) is 4.65. The summed E-state index contributed by atoms with van der Waals surface area (Å²) in [7, 11) is 0. The predicted octanol–water partition coefficient (Wildman–Crippen LogP) is 2.00. The van der Waals surface area contributed by atoms with Crippen LogP contribution in [0.5, 0.6) is 0 Å². The highest BCUT2D eigenvalue weighted by molar-refractivity contribution is 5.92. The van der Waals surface area contributed by atoms with Crippen LogP contribution in [0.25, 0.3) is 0 Å². The molecule has 4 rings (SSSR count). The molecule has 7 nitrogen and oxygen atoms in total. The molecular weight excluding hydrogens is 294 g/mol. The third-order valence-electron chi connectivity index (χ3n) is 4.65. The third kappa shape index (κ3) is 3.00. The molecule has 0 spiro atoms. The lowest BCUT2D eigenvalue weighted by Gasteiger charge is -2.32. The van der Waals surface area contributed by atoms with Crippen LogP contribution in [0.15, 0.2) is 17.1 Å². The van der Waals surface area contributed by atoms with E-state index in [-0.39, 0.29) is 5.91 Å². The number of carbonyl (C=O) groups is 1. The molecule has 0 N–H and O–H groups in total. The van der Waals surface area contributed by atoms with Crippen molar-refractivity contribution < 1.29 is 9.21 Å². The van der Waals surface area contributed by atoms with Gasteiger partial charge in [-0.2, -0.15) is 5.10 Å². The number of amides is 1. The van der Waals surface area contributed by atoms with E-state index in [0.717, 1.165) is 56.9 Å². The Kier molecular flexibility index (Phi) is 3.63. The summed E-state index contributed by atoms with van der Waals surface area (Å²) in [6, 6.07) is 0. The van der Waals surface area contributed by atoms with Gasteiger partial charge in [0.2, 0.25) is 5.76 Å². The van der Waals surface area contributed by atoms with Crippen molar-refractivity contribution in [2.24, 2.45) is 5.92 Å². The maximum Gasteiger partial charge on any atom is 0.291 e. The number of rotatable bonds is 4. The van der Waals surface area contributed by atoms with Gasteiger partial charge in [0, 0.05) is 25.6 Å². The first-order valence-electron chi connectivity index (χ1n) is 8.29. The second-order valence-electron chi connectivity index (χ2n) is 6.62. The van der Waals surface area contributed by atoms with Gasteiger partial charge in [-0.1, -0.05) is 0 Å². The van der Waals surface area contributed by atoms with E-state index in [1.54, 1.807) is 12.7 Å². The first-order valence-corrected chi connectivity index (χ1v) is 8.29. The average Bonchev–Trinajstić information content (AvgIpc) is 3.15. The molecule has 0 bridgehead atoms. The van der Waals surface area contributed by atoms with Crippen LogP contribution in [-0.2, 0) is 6.54 Å². The maximum atomic E-state index is 12.8. The Hall–Kier alpha value is -2.18. The Bertz CT molecular complexity index is 689. The minimum atomic E-state index is -0.0230. The molecule has 2 aromatic rings. The van der Waals surface area contributed by atoms with Gasteiger partial charge in [-0.05, 0) is 38.5 Å². The van der Waals surface area contributed by atoms with E-state index in [1.165, 1.54) is 0 Å². The van der Waals surface area contributed by atoms with Crippen molar-refractivity contribution in [2.45, 2.75) is 45.1 Å². The summed E-state index contributed by atoms with van der Waals surface area (Å²) in [5.74, 6) is 1.97. The summed E-state index contributed by atoms with van der Waals surface area (Å²) in [6.45, 7) is 4.18. The molecule has 0 radical (unpaired) electrons. The van der Waals surface area contributed by atoms with E-state index in [1.807, 2.05) is 16.5 Å². The Morgan fingerprint density at radius 2 is 2.26 bits per heavy atom. The monoisotopic (exact) mass is 315 g/mol. The van der Waals surface area contributed by atoms with Crippen molar-refractivity contribution in [1.82, 2.24) is 24.6 Å². The fourth-order valence-corrected chi connectivity index (χ4v) is 3.25. The molecule has 2 aliphatic rings. The number of aromatic nitrogens is 4. The Morgan fingerprint density at radius 1 is 1.39 bits per heavy atom. The summed E-state index contributed by atoms with van der Waals surface area (Å²) in [5, 5.41) is 4.16. The van der Waals surface area contributed by atoms with Gasteiger partial charge in [-0.3, -0.25) is 9.48 Å². The Labute approximate surface area is 134 Å². The van der Waals surface area contributed by atoms with E-state index in [4.69, 9.17) is 4.42 Å². The minimum Gasteiger partial charge on any atom is -0.435 e. The summed E-state index contributed by atoms with van der Waals surface area (Å²) in [5.41, 5.74) is 0.718. The first kappa shape index (κ1) is 14.4.